The summed E-state index contributed by atoms with van der Waals surface area (Å²) in [5, 5.41) is 16.7. The molecule has 1 aliphatic rings. The molecule has 0 atom stereocenters. The van der Waals surface area contributed by atoms with Crippen molar-refractivity contribution in [2.45, 2.75) is 32.2 Å². The SMILES string of the molecule is Cc1ccc(NCCC(=O)NC2CC2)c([N+](=O)[O-])c1. The molecule has 0 unspecified atom stereocenters. The Morgan fingerprint density at radius 3 is 2.84 bits per heavy atom. The summed E-state index contributed by atoms with van der Waals surface area (Å²) in [5.74, 6) is -0.00948. The van der Waals surface area contributed by atoms with E-state index in [0.29, 0.717) is 24.7 Å². The molecular formula is C13H17N3O3. The maximum atomic E-state index is 11.5. The number of hydrogen-bond donors (Lipinski definition) is 2. The van der Waals surface area contributed by atoms with Gasteiger partial charge in [0, 0.05) is 25.1 Å². The van der Waals surface area contributed by atoms with Crippen molar-refractivity contribution in [2.75, 3.05) is 11.9 Å². The van der Waals surface area contributed by atoms with Gasteiger partial charge in [-0.2, -0.15) is 0 Å². The number of anilines is 1. The van der Waals surface area contributed by atoms with E-state index < -0.39 is 4.92 Å². The number of amides is 1. The van der Waals surface area contributed by atoms with Gasteiger partial charge in [0.2, 0.25) is 5.91 Å². The van der Waals surface area contributed by atoms with E-state index in [1.54, 1.807) is 19.1 Å². The van der Waals surface area contributed by atoms with Crippen molar-refractivity contribution < 1.29 is 9.72 Å². The number of aryl methyl sites for hydroxylation is 1. The number of carbonyl (C=O) groups is 1. The van der Waals surface area contributed by atoms with Crippen LogP contribution in [0.5, 0.6) is 0 Å². The predicted molar refractivity (Wildman–Crippen MR) is 72.1 cm³/mol. The van der Waals surface area contributed by atoms with Gasteiger partial charge in [-0.25, -0.2) is 0 Å². The van der Waals surface area contributed by atoms with Crippen LogP contribution in [0.2, 0.25) is 0 Å². The third-order valence-corrected chi connectivity index (χ3v) is 2.96. The lowest BCUT2D eigenvalue weighted by molar-refractivity contribution is -0.384. The van der Waals surface area contributed by atoms with Crippen molar-refractivity contribution in [1.29, 1.82) is 0 Å². The Bertz CT molecular complexity index is 498. The molecule has 19 heavy (non-hydrogen) atoms. The van der Waals surface area contributed by atoms with Crippen LogP contribution in [0, 0.1) is 17.0 Å². The van der Waals surface area contributed by atoms with Gasteiger partial charge in [0.25, 0.3) is 5.69 Å². The summed E-state index contributed by atoms with van der Waals surface area (Å²) in [4.78, 5) is 22.0. The fourth-order valence-electron chi connectivity index (χ4n) is 1.78. The quantitative estimate of drug-likeness (QED) is 0.607. The molecule has 102 valence electrons. The molecule has 0 heterocycles. The van der Waals surface area contributed by atoms with Gasteiger partial charge in [-0.1, -0.05) is 6.07 Å². The number of nitro groups is 1. The maximum absolute atomic E-state index is 11.5. The lowest BCUT2D eigenvalue weighted by Gasteiger charge is -2.08. The second kappa shape index (κ2) is 5.69. The van der Waals surface area contributed by atoms with Gasteiger partial charge in [0.15, 0.2) is 0 Å². The third-order valence-electron chi connectivity index (χ3n) is 2.96. The molecule has 0 radical (unpaired) electrons. The number of nitrogens with one attached hydrogen (secondary N) is 2. The minimum absolute atomic E-state index is 0.00948. The molecule has 0 bridgehead atoms. The van der Waals surface area contributed by atoms with Crippen LogP contribution in [-0.2, 0) is 4.79 Å². The van der Waals surface area contributed by atoms with Crippen molar-refractivity contribution in [3.63, 3.8) is 0 Å². The third kappa shape index (κ3) is 3.94. The summed E-state index contributed by atoms with van der Waals surface area (Å²) in [7, 11) is 0. The van der Waals surface area contributed by atoms with E-state index in [2.05, 4.69) is 10.6 Å². The topological polar surface area (TPSA) is 84.3 Å². The Hall–Kier alpha value is -2.11. The average Bonchev–Trinajstić information content (AvgIpc) is 3.14. The molecule has 0 saturated heterocycles. The van der Waals surface area contributed by atoms with Crippen molar-refractivity contribution in [3.05, 3.63) is 33.9 Å². The Morgan fingerprint density at radius 2 is 2.21 bits per heavy atom. The van der Waals surface area contributed by atoms with E-state index in [1.165, 1.54) is 6.07 Å². The van der Waals surface area contributed by atoms with Gasteiger partial charge in [0.05, 0.1) is 4.92 Å². The van der Waals surface area contributed by atoms with Crippen molar-refractivity contribution in [2.24, 2.45) is 0 Å². The molecular weight excluding hydrogens is 246 g/mol. The molecule has 1 amide bonds. The largest absolute Gasteiger partial charge is 0.379 e. The van der Waals surface area contributed by atoms with Gasteiger partial charge in [-0.05, 0) is 31.4 Å². The second-order valence-corrected chi connectivity index (χ2v) is 4.80. The highest BCUT2D eigenvalue weighted by Crippen LogP contribution is 2.25. The fraction of sp³-hybridized carbons (Fsp3) is 0.462. The first-order chi connectivity index (χ1) is 9.06. The first-order valence-electron chi connectivity index (χ1n) is 6.34. The minimum atomic E-state index is -0.417. The molecule has 1 fully saturated rings. The summed E-state index contributed by atoms with van der Waals surface area (Å²) in [6.45, 7) is 2.20. The summed E-state index contributed by atoms with van der Waals surface area (Å²) < 4.78 is 0. The van der Waals surface area contributed by atoms with Crippen LogP contribution in [0.1, 0.15) is 24.8 Å². The number of nitrogens with zero attached hydrogens (tertiary/aromatic N) is 1. The van der Waals surface area contributed by atoms with E-state index in [9.17, 15) is 14.9 Å². The molecule has 0 aromatic heterocycles. The molecule has 1 saturated carbocycles. The van der Waals surface area contributed by atoms with Gasteiger partial charge in [0.1, 0.15) is 5.69 Å². The average molecular weight is 263 g/mol. The number of rotatable bonds is 6. The molecule has 2 N–H and O–H groups in total. The maximum Gasteiger partial charge on any atom is 0.292 e. The standard InChI is InChI=1S/C13H17N3O3/c1-9-2-5-11(12(8-9)16(18)19)14-7-6-13(17)15-10-3-4-10/h2,5,8,10,14H,3-4,6-7H2,1H3,(H,15,17). The molecule has 6 heteroatoms. The van der Waals surface area contributed by atoms with Gasteiger partial charge in [-0.15, -0.1) is 0 Å². The van der Waals surface area contributed by atoms with Crippen LogP contribution >= 0.6 is 0 Å². The first-order valence-corrected chi connectivity index (χ1v) is 6.34. The fourth-order valence-corrected chi connectivity index (χ4v) is 1.78. The van der Waals surface area contributed by atoms with Gasteiger partial charge < -0.3 is 10.6 Å². The van der Waals surface area contributed by atoms with Crippen molar-refractivity contribution in [1.82, 2.24) is 5.32 Å². The zero-order valence-electron chi connectivity index (χ0n) is 10.8. The molecule has 1 aliphatic carbocycles. The van der Waals surface area contributed by atoms with E-state index >= 15 is 0 Å². The number of carbonyl (C=O) groups excluding carboxylic acids is 1. The number of benzene rings is 1. The Balaban J connectivity index is 1.87. The first kappa shape index (κ1) is 13.3. The number of hydrogen-bond acceptors (Lipinski definition) is 4. The van der Waals surface area contributed by atoms with Crippen LogP contribution in [-0.4, -0.2) is 23.4 Å². The second-order valence-electron chi connectivity index (χ2n) is 4.80. The van der Waals surface area contributed by atoms with Crippen molar-refractivity contribution in [3.8, 4) is 0 Å². The Labute approximate surface area is 111 Å². The number of nitro benzene ring substituents is 1. The van der Waals surface area contributed by atoms with E-state index in [0.717, 1.165) is 18.4 Å². The molecule has 1 aromatic carbocycles. The smallest absolute Gasteiger partial charge is 0.292 e. The molecule has 2 rings (SSSR count). The zero-order chi connectivity index (χ0) is 13.8. The van der Waals surface area contributed by atoms with Crippen LogP contribution in [0.25, 0.3) is 0 Å². The minimum Gasteiger partial charge on any atom is -0.379 e. The summed E-state index contributed by atoms with van der Waals surface area (Å²) in [6.07, 6.45) is 2.44. The van der Waals surface area contributed by atoms with Crippen LogP contribution in [0.4, 0.5) is 11.4 Å². The molecule has 0 spiro atoms. The van der Waals surface area contributed by atoms with Gasteiger partial charge in [-0.3, -0.25) is 14.9 Å². The Kier molecular flexibility index (Phi) is 3.99. The van der Waals surface area contributed by atoms with Gasteiger partial charge >= 0.3 is 0 Å². The summed E-state index contributed by atoms with van der Waals surface area (Å²) in [5.41, 5.74) is 1.33. The highest BCUT2D eigenvalue weighted by Gasteiger charge is 2.22. The normalized spacial score (nSPS) is 13.9. The summed E-state index contributed by atoms with van der Waals surface area (Å²) >= 11 is 0. The lowest BCUT2D eigenvalue weighted by Crippen LogP contribution is -2.27. The highest BCUT2D eigenvalue weighted by atomic mass is 16.6. The van der Waals surface area contributed by atoms with Crippen molar-refractivity contribution >= 4 is 17.3 Å². The molecule has 0 aliphatic heterocycles. The molecule has 1 aromatic rings. The lowest BCUT2D eigenvalue weighted by atomic mass is 10.2. The monoisotopic (exact) mass is 263 g/mol. The zero-order valence-corrected chi connectivity index (χ0v) is 10.8. The van der Waals surface area contributed by atoms with E-state index in [-0.39, 0.29) is 11.6 Å². The van der Waals surface area contributed by atoms with E-state index in [1.807, 2.05) is 0 Å². The predicted octanol–water partition coefficient (Wildman–Crippen LogP) is 1.98. The van der Waals surface area contributed by atoms with Crippen LogP contribution in [0.3, 0.4) is 0 Å². The van der Waals surface area contributed by atoms with Crippen LogP contribution < -0.4 is 10.6 Å². The van der Waals surface area contributed by atoms with Crippen LogP contribution in [0.15, 0.2) is 18.2 Å². The Morgan fingerprint density at radius 1 is 1.47 bits per heavy atom. The highest BCUT2D eigenvalue weighted by molar-refractivity contribution is 5.77. The molecule has 6 nitrogen and oxygen atoms in total. The summed E-state index contributed by atoms with van der Waals surface area (Å²) in [6, 6.07) is 5.35. The van der Waals surface area contributed by atoms with E-state index in [4.69, 9.17) is 0 Å².